The highest BCUT2D eigenvalue weighted by Crippen LogP contribution is 2.16. The number of likely N-dealkylation sites (tertiary alicyclic amines) is 1. The van der Waals surface area contributed by atoms with Gasteiger partial charge in [0.05, 0.1) is 0 Å². The number of hydrogen-bond donors (Lipinski definition) is 1. The Morgan fingerprint density at radius 2 is 2.42 bits per heavy atom. The van der Waals surface area contributed by atoms with Crippen LogP contribution in [0.2, 0.25) is 0 Å². The van der Waals surface area contributed by atoms with Crippen LogP contribution >= 0.6 is 0 Å². The molecule has 2 rings (SSSR count). The molecule has 1 aromatic heterocycles. The lowest BCUT2D eigenvalue weighted by Gasteiger charge is -2.33. The van der Waals surface area contributed by atoms with Gasteiger partial charge in [0.15, 0.2) is 0 Å². The van der Waals surface area contributed by atoms with E-state index in [4.69, 9.17) is 0 Å². The standard InChI is InChI=1S/C15H26N4/c1-3-10-19-13-9-17-15(19)16-8-6-12-18-11-5-4-7-14(18)2/h3,9,13-14H,1,4-8,10-12H2,2H3,(H,16,17). The van der Waals surface area contributed by atoms with Gasteiger partial charge in [-0.05, 0) is 32.7 Å². The predicted octanol–water partition coefficient (Wildman–Crippen LogP) is 2.75. The SMILES string of the molecule is C=CCn1ccnc1NCCCN1CCCCC1C. The number of piperidine rings is 1. The molecule has 0 bridgehead atoms. The van der Waals surface area contributed by atoms with Gasteiger partial charge in [-0.1, -0.05) is 12.5 Å². The zero-order valence-corrected chi connectivity index (χ0v) is 12.0. The molecule has 2 heterocycles. The summed E-state index contributed by atoms with van der Waals surface area (Å²) < 4.78 is 2.08. The number of rotatable bonds is 7. The van der Waals surface area contributed by atoms with Crippen molar-refractivity contribution in [1.29, 1.82) is 0 Å². The molecule has 4 nitrogen and oxygen atoms in total. The van der Waals surface area contributed by atoms with Gasteiger partial charge in [-0.25, -0.2) is 4.98 Å². The fourth-order valence-electron chi connectivity index (χ4n) is 2.73. The Bertz CT molecular complexity index is 385. The van der Waals surface area contributed by atoms with Crippen molar-refractivity contribution in [1.82, 2.24) is 14.5 Å². The van der Waals surface area contributed by atoms with Crippen LogP contribution in [0.25, 0.3) is 0 Å². The summed E-state index contributed by atoms with van der Waals surface area (Å²) in [6.45, 7) is 10.4. The van der Waals surface area contributed by atoms with Gasteiger partial charge in [-0.2, -0.15) is 0 Å². The van der Waals surface area contributed by atoms with Crippen molar-refractivity contribution in [3.8, 4) is 0 Å². The molecule has 1 aliphatic rings. The van der Waals surface area contributed by atoms with Crippen molar-refractivity contribution in [2.45, 2.75) is 45.2 Å². The fraction of sp³-hybridized carbons (Fsp3) is 0.667. The summed E-state index contributed by atoms with van der Waals surface area (Å²) in [5.41, 5.74) is 0. The van der Waals surface area contributed by atoms with Crippen molar-refractivity contribution in [3.05, 3.63) is 25.0 Å². The molecule has 1 saturated heterocycles. The third kappa shape index (κ3) is 4.10. The van der Waals surface area contributed by atoms with E-state index in [2.05, 4.69) is 33.3 Å². The molecule has 0 amide bonds. The highest BCUT2D eigenvalue weighted by atomic mass is 15.2. The monoisotopic (exact) mass is 262 g/mol. The first-order chi connectivity index (χ1) is 9.31. The highest BCUT2D eigenvalue weighted by Gasteiger charge is 2.17. The summed E-state index contributed by atoms with van der Waals surface area (Å²) in [6.07, 6.45) is 11.0. The number of allylic oxidation sites excluding steroid dienone is 1. The van der Waals surface area contributed by atoms with Gasteiger partial charge in [0.25, 0.3) is 0 Å². The minimum absolute atomic E-state index is 0.761. The largest absolute Gasteiger partial charge is 0.356 e. The number of nitrogens with zero attached hydrogens (tertiary/aromatic N) is 3. The van der Waals surface area contributed by atoms with Crippen molar-refractivity contribution < 1.29 is 0 Å². The molecule has 0 saturated carbocycles. The van der Waals surface area contributed by atoms with Crippen LogP contribution in [0.1, 0.15) is 32.6 Å². The van der Waals surface area contributed by atoms with Gasteiger partial charge < -0.3 is 14.8 Å². The first-order valence-electron chi connectivity index (χ1n) is 7.41. The lowest BCUT2D eigenvalue weighted by molar-refractivity contribution is 0.160. The molecule has 0 spiro atoms. The third-order valence-electron chi connectivity index (χ3n) is 3.89. The first kappa shape index (κ1) is 14.1. The Kier molecular flexibility index (Phi) is 5.45. The van der Waals surface area contributed by atoms with E-state index in [1.807, 2.05) is 18.5 Å². The summed E-state index contributed by atoms with van der Waals surface area (Å²) in [5, 5.41) is 3.41. The van der Waals surface area contributed by atoms with E-state index in [0.717, 1.165) is 25.1 Å². The predicted molar refractivity (Wildman–Crippen MR) is 80.4 cm³/mol. The Morgan fingerprint density at radius 3 is 3.21 bits per heavy atom. The molecule has 1 N–H and O–H groups in total. The molecule has 0 aliphatic carbocycles. The van der Waals surface area contributed by atoms with Crippen LogP contribution in [-0.2, 0) is 6.54 Å². The minimum Gasteiger partial charge on any atom is -0.356 e. The van der Waals surface area contributed by atoms with Crippen molar-refractivity contribution in [2.24, 2.45) is 0 Å². The van der Waals surface area contributed by atoms with Gasteiger partial charge >= 0.3 is 0 Å². The number of aromatic nitrogens is 2. The van der Waals surface area contributed by atoms with Crippen LogP contribution < -0.4 is 5.32 Å². The van der Waals surface area contributed by atoms with E-state index in [0.29, 0.717) is 0 Å². The maximum Gasteiger partial charge on any atom is 0.203 e. The Morgan fingerprint density at radius 1 is 1.53 bits per heavy atom. The van der Waals surface area contributed by atoms with Crippen LogP contribution in [0.4, 0.5) is 5.95 Å². The smallest absolute Gasteiger partial charge is 0.203 e. The average molecular weight is 262 g/mol. The molecule has 1 atom stereocenters. The van der Waals surface area contributed by atoms with Crippen LogP contribution in [-0.4, -0.2) is 40.1 Å². The molecule has 4 heteroatoms. The molecule has 1 aromatic rings. The van der Waals surface area contributed by atoms with Gasteiger partial charge in [-0.3, -0.25) is 0 Å². The average Bonchev–Trinajstić information content (AvgIpc) is 2.85. The topological polar surface area (TPSA) is 33.1 Å². The Balaban J connectivity index is 1.68. The van der Waals surface area contributed by atoms with Crippen LogP contribution in [0.15, 0.2) is 25.0 Å². The summed E-state index contributed by atoms with van der Waals surface area (Å²) in [5.74, 6) is 0.951. The fourth-order valence-corrected chi connectivity index (χ4v) is 2.73. The molecule has 0 radical (unpaired) electrons. The summed E-state index contributed by atoms with van der Waals surface area (Å²) >= 11 is 0. The van der Waals surface area contributed by atoms with E-state index in [1.54, 1.807) is 0 Å². The van der Waals surface area contributed by atoms with Crippen molar-refractivity contribution in [2.75, 3.05) is 25.0 Å². The summed E-state index contributed by atoms with van der Waals surface area (Å²) in [6, 6.07) is 0.761. The van der Waals surface area contributed by atoms with Gasteiger partial charge in [0, 0.05) is 38.1 Å². The molecule has 0 aromatic carbocycles. The van der Waals surface area contributed by atoms with Crippen LogP contribution in [0.5, 0.6) is 0 Å². The second kappa shape index (κ2) is 7.34. The highest BCUT2D eigenvalue weighted by molar-refractivity contribution is 5.25. The number of hydrogen-bond acceptors (Lipinski definition) is 3. The number of anilines is 1. The zero-order valence-electron chi connectivity index (χ0n) is 12.0. The molecule has 106 valence electrons. The molecule has 1 aliphatic heterocycles. The molecule has 19 heavy (non-hydrogen) atoms. The Labute approximate surface area is 116 Å². The molecule has 1 fully saturated rings. The normalized spacial score (nSPS) is 20.4. The molecular weight excluding hydrogens is 236 g/mol. The zero-order chi connectivity index (χ0) is 13.5. The number of nitrogens with one attached hydrogen (secondary N) is 1. The van der Waals surface area contributed by atoms with Gasteiger partial charge in [-0.15, -0.1) is 6.58 Å². The maximum atomic E-state index is 4.32. The summed E-state index contributed by atoms with van der Waals surface area (Å²) in [7, 11) is 0. The van der Waals surface area contributed by atoms with Crippen LogP contribution in [0, 0.1) is 0 Å². The molecular formula is C15H26N4. The number of imidazole rings is 1. The second-order valence-electron chi connectivity index (χ2n) is 5.35. The van der Waals surface area contributed by atoms with E-state index >= 15 is 0 Å². The van der Waals surface area contributed by atoms with Gasteiger partial charge in [0.1, 0.15) is 0 Å². The molecule has 1 unspecified atom stereocenters. The second-order valence-corrected chi connectivity index (χ2v) is 5.35. The maximum absolute atomic E-state index is 4.32. The van der Waals surface area contributed by atoms with Gasteiger partial charge in [0.2, 0.25) is 5.95 Å². The van der Waals surface area contributed by atoms with E-state index in [-0.39, 0.29) is 0 Å². The minimum atomic E-state index is 0.761. The Hall–Kier alpha value is -1.29. The van der Waals surface area contributed by atoms with Crippen molar-refractivity contribution >= 4 is 5.95 Å². The van der Waals surface area contributed by atoms with Crippen LogP contribution in [0.3, 0.4) is 0 Å². The quantitative estimate of drug-likeness (QED) is 0.606. The first-order valence-corrected chi connectivity index (χ1v) is 7.41. The van der Waals surface area contributed by atoms with E-state index in [9.17, 15) is 0 Å². The lowest BCUT2D eigenvalue weighted by Crippen LogP contribution is -2.38. The van der Waals surface area contributed by atoms with Crippen molar-refractivity contribution in [3.63, 3.8) is 0 Å². The van der Waals surface area contributed by atoms with E-state index in [1.165, 1.54) is 38.8 Å². The summed E-state index contributed by atoms with van der Waals surface area (Å²) in [4.78, 5) is 6.94. The van der Waals surface area contributed by atoms with E-state index < -0.39 is 0 Å². The third-order valence-corrected chi connectivity index (χ3v) is 3.89. The lowest BCUT2D eigenvalue weighted by atomic mass is 10.0.